The highest BCUT2D eigenvalue weighted by Crippen LogP contribution is 2.04. The molecule has 0 saturated carbocycles. The maximum atomic E-state index is 11.5. The van der Waals surface area contributed by atoms with Crippen LogP contribution in [0.1, 0.15) is 10.4 Å². The lowest BCUT2D eigenvalue weighted by molar-refractivity contribution is -0.139. The molecule has 2 rings (SSSR count). The largest absolute Gasteiger partial charge is 0.344 e. The monoisotopic (exact) mass is 287 g/mol. The van der Waals surface area contributed by atoms with Gasteiger partial charge < -0.3 is 5.32 Å². The van der Waals surface area contributed by atoms with Gasteiger partial charge in [-0.2, -0.15) is 5.10 Å². The van der Waals surface area contributed by atoms with Gasteiger partial charge in [0.15, 0.2) is 0 Å². The Hall–Kier alpha value is -2.47. The van der Waals surface area contributed by atoms with Crippen molar-refractivity contribution in [2.75, 3.05) is 0 Å². The van der Waals surface area contributed by atoms with Crippen molar-refractivity contribution in [1.29, 1.82) is 0 Å². The lowest BCUT2D eigenvalue weighted by atomic mass is 10.2. The van der Waals surface area contributed by atoms with Crippen LogP contribution in [0.2, 0.25) is 0 Å². The normalized spacial score (nSPS) is 10.4. The summed E-state index contributed by atoms with van der Waals surface area (Å²) in [5, 5.41) is 8.13. The third-order valence-electron chi connectivity index (χ3n) is 2.40. The number of amides is 2. The van der Waals surface area contributed by atoms with Gasteiger partial charge in [0.2, 0.25) is 0 Å². The number of benzene rings is 1. The van der Waals surface area contributed by atoms with Gasteiger partial charge in [-0.1, -0.05) is 36.4 Å². The molecule has 0 bridgehead atoms. The molecule has 1 aromatic carbocycles. The van der Waals surface area contributed by atoms with Gasteiger partial charge in [0.25, 0.3) is 0 Å². The Kier molecular flexibility index (Phi) is 5.02. The van der Waals surface area contributed by atoms with Crippen LogP contribution < -0.4 is 10.7 Å². The van der Waals surface area contributed by atoms with E-state index in [1.165, 1.54) is 17.6 Å². The van der Waals surface area contributed by atoms with Gasteiger partial charge in [-0.3, -0.25) is 9.59 Å². The molecule has 2 aromatic rings. The van der Waals surface area contributed by atoms with Gasteiger partial charge in [-0.25, -0.2) is 5.43 Å². The molecule has 0 unspecified atom stereocenters. The number of hydrazone groups is 1. The van der Waals surface area contributed by atoms with Crippen molar-refractivity contribution < 1.29 is 9.59 Å². The van der Waals surface area contributed by atoms with E-state index in [0.29, 0.717) is 6.54 Å². The Morgan fingerprint density at radius 2 is 1.90 bits per heavy atom. The number of carbonyl (C=O) groups is 2. The van der Waals surface area contributed by atoms with Crippen LogP contribution in [0.5, 0.6) is 0 Å². The molecule has 1 heterocycles. The molecule has 6 heteroatoms. The highest BCUT2D eigenvalue weighted by molar-refractivity contribution is 7.11. The molecule has 102 valence electrons. The van der Waals surface area contributed by atoms with E-state index in [1.54, 1.807) is 0 Å². The number of hydrogen-bond acceptors (Lipinski definition) is 4. The average molecular weight is 287 g/mol. The summed E-state index contributed by atoms with van der Waals surface area (Å²) >= 11 is 1.49. The van der Waals surface area contributed by atoms with E-state index >= 15 is 0 Å². The average Bonchev–Trinajstić information content (AvgIpc) is 2.99. The van der Waals surface area contributed by atoms with Crippen LogP contribution in [0.3, 0.4) is 0 Å². The van der Waals surface area contributed by atoms with Crippen LogP contribution in [0.4, 0.5) is 0 Å². The van der Waals surface area contributed by atoms with Crippen molar-refractivity contribution in [2.45, 2.75) is 6.54 Å². The molecule has 0 atom stereocenters. The quantitative estimate of drug-likeness (QED) is 0.508. The van der Waals surface area contributed by atoms with E-state index in [4.69, 9.17) is 0 Å². The van der Waals surface area contributed by atoms with Crippen molar-refractivity contribution in [3.8, 4) is 0 Å². The fourth-order valence-electron chi connectivity index (χ4n) is 1.43. The first kappa shape index (κ1) is 14.0. The van der Waals surface area contributed by atoms with E-state index < -0.39 is 11.8 Å². The van der Waals surface area contributed by atoms with Crippen LogP contribution in [0.25, 0.3) is 0 Å². The molecule has 20 heavy (non-hydrogen) atoms. The SMILES string of the molecule is O=C(NCc1ccccc1)C(=O)NN=Cc1cccs1. The van der Waals surface area contributed by atoms with Crippen LogP contribution in [-0.2, 0) is 16.1 Å². The minimum Gasteiger partial charge on any atom is -0.344 e. The molecular formula is C14H13N3O2S. The summed E-state index contributed by atoms with van der Waals surface area (Å²) in [4.78, 5) is 23.9. The van der Waals surface area contributed by atoms with E-state index in [1.807, 2.05) is 47.8 Å². The Morgan fingerprint density at radius 1 is 1.10 bits per heavy atom. The van der Waals surface area contributed by atoms with Crippen LogP contribution in [-0.4, -0.2) is 18.0 Å². The van der Waals surface area contributed by atoms with Gasteiger partial charge >= 0.3 is 11.8 Å². The predicted molar refractivity (Wildman–Crippen MR) is 78.3 cm³/mol. The summed E-state index contributed by atoms with van der Waals surface area (Å²) in [5.41, 5.74) is 3.11. The highest BCUT2D eigenvalue weighted by atomic mass is 32.1. The smallest absolute Gasteiger partial charge is 0.329 e. The van der Waals surface area contributed by atoms with Gasteiger partial charge in [-0.05, 0) is 17.0 Å². The topological polar surface area (TPSA) is 70.6 Å². The number of carbonyl (C=O) groups excluding carboxylic acids is 2. The molecule has 0 radical (unpaired) electrons. The van der Waals surface area contributed by atoms with E-state index in [0.717, 1.165) is 10.4 Å². The maximum absolute atomic E-state index is 11.5. The molecule has 0 aliphatic heterocycles. The fourth-order valence-corrected chi connectivity index (χ4v) is 2.01. The molecule has 0 aliphatic carbocycles. The first-order valence-electron chi connectivity index (χ1n) is 5.94. The third kappa shape index (κ3) is 4.33. The van der Waals surface area contributed by atoms with E-state index in [-0.39, 0.29) is 0 Å². The van der Waals surface area contributed by atoms with Gasteiger partial charge in [0.1, 0.15) is 0 Å². The summed E-state index contributed by atoms with van der Waals surface area (Å²) in [6, 6.07) is 13.1. The Balaban J connectivity index is 1.76. The van der Waals surface area contributed by atoms with E-state index in [2.05, 4.69) is 15.8 Å². The Morgan fingerprint density at radius 3 is 2.60 bits per heavy atom. The predicted octanol–water partition coefficient (Wildman–Crippen LogP) is 1.51. The first-order valence-corrected chi connectivity index (χ1v) is 6.82. The van der Waals surface area contributed by atoms with Crippen molar-refractivity contribution >= 4 is 29.4 Å². The number of thiophene rings is 1. The molecule has 0 spiro atoms. The number of nitrogens with zero attached hydrogens (tertiary/aromatic N) is 1. The lowest BCUT2D eigenvalue weighted by Crippen LogP contribution is -2.37. The zero-order valence-corrected chi connectivity index (χ0v) is 11.4. The van der Waals surface area contributed by atoms with Gasteiger partial charge in [0, 0.05) is 11.4 Å². The lowest BCUT2D eigenvalue weighted by Gasteiger charge is -2.03. The Bertz CT molecular complexity index is 594. The number of nitrogens with one attached hydrogen (secondary N) is 2. The van der Waals surface area contributed by atoms with Gasteiger partial charge in [-0.15, -0.1) is 11.3 Å². The Labute approximate surface area is 120 Å². The zero-order chi connectivity index (χ0) is 14.2. The zero-order valence-electron chi connectivity index (χ0n) is 10.6. The summed E-state index contributed by atoms with van der Waals surface area (Å²) in [7, 11) is 0. The minimum atomic E-state index is -0.784. The molecule has 2 amide bonds. The van der Waals surface area contributed by atoms with Crippen molar-refractivity contribution in [2.24, 2.45) is 5.10 Å². The van der Waals surface area contributed by atoms with Gasteiger partial charge in [0.05, 0.1) is 6.21 Å². The van der Waals surface area contributed by atoms with Crippen molar-refractivity contribution in [1.82, 2.24) is 10.7 Å². The standard InChI is InChI=1S/C14H13N3O2S/c18-13(15-9-11-5-2-1-3-6-11)14(19)17-16-10-12-7-4-8-20-12/h1-8,10H,9H2,(H,15,18)(H,17,19). The highest BCUT2D eigenvalue weighted by Gasteiger charge is 2.11. The fraction of sp³-hybridized carbons (Fsp3) is 0.0714. The number of hydrogen-bond donors (Lipinski definition) is 2. The van der Waals surface area contributed by atoms with Crippen LogP contribution >= 0.6 is 11.3 Å². The molecule has 0 saturated heterocycles. The second kappa shape index (κ2) is 7.20. The van der Waals surface area contributed by atoms with Crippen molar-refractivity contribution in [3.63, 3.8) is 0 Å². The molecule has 5 nitrogen and oxygen atoms in total. The summed E-state index contributed by atoms with van der Waals surface area (Å²) < 4.78 is 0. The molecule has 2 N–H and O–H groups in total. The third-order valence-corrected chi connectivity index (χ3v) is 3.21. The van der Waals surface area contributed by atoms with Crippen LogP contribution in [0.15, 0.2) is 52.9 Å². The van der Waals surface area contributed by atoms with Crippen molar-refractivity contribution in [3.05, 3.63) is 58.3 Å². The first-order chi connectivity index (χ1) is 9.75. The summed E-state index contributed by atoms with van der Waals surface area (Å²) in [6.45, 7) is 0.307. The molecule has 0 aliphatic rings. The second-order valence-corrected chi connectivity index (χ2v) is 4.86. The minimum absolute atomic E-state index is 0.307. The van der Waals surface area contributed by atoms with E-state index in [9.17, 15) is 9.59 Å². The molecule has 0 fully saturated rings. The summed E-state index contributed by atoms with van der Waals surface area (Å²) in [6.07, 6.45) is 1.49. The second-order valence-electron chi connectivity index (χ2n) is 3.88. The molecule has 1 aromatic heterocycles. The number of rotatable bonds is 4. The summed E-state index contributed by atoms with van der Waals surface area (Å²) in [5.74, 6) is -1.49. The van der Waals surface area contributed by atoms with Crippen LogP contribution in [0, 0.1) is 0 Å². The maximum Gasteiger partial charge on any atom is 0.329 e. The molecular weight excluding hydrogens is 274 g/mol.